The van der Waals surface area contributed by atoms with Crippen molar-refractivity contribution in [1.82, 2.24) is 4.98 Å². The van der Waals surface area contributed by atoms with Gasteiger partial charge in [-0.3, -0.25) is 9.59 Å². The Morgan fingerprint density at radius 2 is 2.26 bits per heavy atom. The van der Waals surface area contributed by atoms with Crippen LogP contribution in [-0.2, 0) is 11.2 Å². The van der Waals surface area contributed by atoms with Gasteiger partial charge in [0.2, 0.25) is 5.88 Å². The van der Waals surface area contributed by atoms with Crippen LogP contribution in [0, 0.1) is 5.41 Å². The van der Waals surface area contributed by atoms with E-state index in [1.807, 2.05) is 6.92 Å². The average Bonchev–Trinajstić information content (AvgIpc) is 2.39. The molecule has 0 saturated heterocycles. The summed E-state index contributed by atoms with van der Waals surface area (Å²) in [5, 5.41) is 18.5. The number of hydrogen-bond acceptors (Lipinski definition) is 5. The van der Waals surface area contributed by atoms with Crippen LogP contribution in [0.4, 0.5) is 0 Å². The third kappa shape index (κ3) is 2.08. The Labute approximate surface area is 110 Å². The van der Waals surface area contributed by atoms with Crippen LogP contribution < -0.4 is 4.74 Å². The van der Waals surface area contributed by atoms with Crippen molar-refractivity contribution in [2.24, 2.45) is 5.41 Å². The normalized spacial score (nSPS) is 21.9. The lowest BCUT2D eigenvalue weighted by molar-refractivity contribution is -0.148. The van der Waals surface area contributed by atoms with Gasteiger partial charge in [0.25, 0.3) is 0 Å². The van der Waals surface area contributed by atoms with Crippen molar-refractivity contribution in [3.8, 4) is 5.88 Å². The van der Waals surface area contributed by atoms with Gasteiger partial charge < -0.3 is 14.9 Å². The number of carboxylic acids is 1. The number of aryl methyl sites for hydroxylation is 1. The number of hydrogen-bond donors (Lipinski definition) is 2. The summed E-state index contributed by atoms with van der Waals surface area (Å²) in [4.78, 5) is 27.7. The molecular weight excluding hydrogens is 250 g/mol. The number of Topliss-reactive ketones (excluding diaryl/α,β-unsaturated/α-hetero) is 1. The second-order valence-corrected chi connectivity index (χ2v) is 4.45. The number of ketones is 1. The number of rotatable bonds is 4. The summed E-state index contributed by atoms with van der Waals surface area (Å²) < 4.78 is 5.24. The van der Waals surface area contributed by atoms with E-state index in [1.165, 1.54) is 12.1 Å². The summed E-state index contributed by atoms with van der Waals surface area (Å²) >= 11 is 0. The number of fused-ring (bicyclic) bond motifs is 1. The van der Waals surface area contributed by atoms with Crippen LogP contribution in [0.25, 0.3) is 0 Å². The van der Waals surface area contributed by atoms with E-state index < -0.39 is 23.8 Å². The van der Waals surface area contributed by atoms with Crippen LogP contribution in [-0.4, -0.2) is 40.2 Å². The van der Waals surface area contributed by atoms with Crippen molar-refractivity contribution >= 4 is 11.8 Å². The quantitative estimate of drug-likeness (QED) is 0.777. The van der Waals surface area contributed by atoms with Gasteiger partial charge in [0.05, 0.1) is 18.9 Å². The number of aromatic nitrogens is 1. The van der Waals surface area contributed by atoms with Gasteiger partial charge in [-0.05, 0) is 25.8 Å². The smallest absolute Gasteiger partial charge is 0.319 e. The number of carbonyl (C=O) groups excluding carboxylic acids is 1. The number of pyridine rings is 1. The second kappa shape index (κ2) is 4.97. The van der Waals surface area contributed by atoms with Crippen molar-refractivity contribution in [2.45, 2.75) is 19.8 Å². The first-order valence-electron chi connectivity index (χ1n) is 6.07. The Morgan fingerprint density at radius 1 is 1.53 bits per heavy atom. The first-order chi connectivity index (χ1) is 9.05. The number of aliphatic carboxylic acids is 1. The Balaban J connectivity index is 2.42. The molecule has 0 spiro atoms. The van der Waals surface area contributed by atoms with E-state index in [4.69, 9.17) is 4.74 Å². The van der Waals surface area contributed by atoms with Crippen molar-refractivity contribution in [3.05, 3.63) is 23.4 Å². The maximum Gasteiger partial charge on any atom is 0.319 e. The van der Waals surface area contributed by atoms with Crippen molar-refractivity contribution in [1.29, 1.82) is 0 Å². The number of aliphatic hydroxyl groups is 1. The Morgan fingerprint density at radius 3 is 2.84 bits per heavy atom. The molecule has 0 amide bonds. The lowest BCUT2D eigenvalue weighted by atomic mass is 9.72. The van der Waals surface area contributed by atoms with Gasteiger partial charge in [0.15, 0.2) is 11.2 Å². The molecule has 1 heterocycles. The minimum Gasteiger partial charge on any atom is -0.480 e. The minimum atomic E-state index is -1.73. The molecule has 1 aliphatic carbocycles. The highest BCUT2D eigenvalue weighted by Crippen LogP contribution is 2.35. The maximum atomic E-state index is 12.3. The molecule has 6 heteroatoms. The fraction of sp³-hybridized carbons (Fsp3) is 0.462. The molecule has 0 bridgehead atoms. The van der Waals surface area contributed by atoms with Crippen LogP contribution in [0.1, 0.15) is 29.4 Å². The predicted molar refractivity (Wildman–Crippen MR) is 65.2 cm³/mol. The van der Waals surface area contributed by atoms with E-state index in [0.717, 1.165) is 0 Å². The molecule has 0 aliphatic heterocycles. The molecule has 19 heavy (non-hydrogen) atoms. The fourth-order valence-corrected chi connectivity index (χ4v) is 2.23. The minimum absolute atomic E-state index is 0.0489. The van der Waals surface area contributed by atoms with E-state index in [2.05, 4.69) is 4.98 Å². The number of ether oxygens (including phenoxy) is 1. The molecule has 1 atom stereocenters. The molecule has 0 aromatic carbocycles. The summed E-state index contributed by atoms with van der Waals surface area (Å²) in [6, 6.07) is 3.05. The maximum absolute atomic E-state index is 12.3. The van der Waals surface area contributed by atoms with Gasteiger partial charge in [0.1, 0.15) is 0 Å². The van der Waals surface area contributed by atoms with Gasteiger partial charge >= 0.3 is 5.97 Å². The van der Waals surface area contributed by atoms with E-state index in [-0.39, 0.29) is 12.0 Å². The van der Waals surface area contributed by atoms with Gasteiger partial charge in [-0.25, -0.2) is 4.98 Å². The third-order valence-electron chi connectivity index (χ3n) is 3.39. The highest BCUT2D eigenvalue weighted by atomic mass is 16.5. The molecule has 1 aliphatic rings. The topological polar surface area (TPSA) is 96.7 Å². The van der Waals surface area contributed by atoms with E-state index >= 15 is 0 Å². The van der Waals surface area contributed by atoms with Crippen molar-refractivity contribution in [3.63, 3.8) is 0 Å². The summed E-state index contributed by atoms with van der Waals surface area (Å²) in [5.41, 5.74) is -0.950. The zero-order chi connectivity index (χ0) is 14.0. The number of nitrogens with zero attached hydrogens (tertiary/aromatic N) is 1. The highest BCUT2D eigenvalue weighted by Gasteiger charge is 2.49. The van der Waals surface area contributed by atoms with Crippen LogP contribution in [0.2, 0.25) is 0 Å². The molecule has 0 radical (unpaired) electrons. The third-order valence-corrected chi connectivity index (χ3v) is 3.39. The summed E-state index contributed by atoms with van der Waals surface area (Å²) in [6.07, 6.45) is 0.377. The molecular formula is C13H15NO5. The molecule has 1 aromatic heterocycles. The van der Waals surface area contributed by atoms with Gasteiger partial charge in [0, 0.05) is 11.6 Å². The molecule has 1 unspecified atom stereocenters. The number of aliphatic hydroxyl groups excluding tert-OH is 1. The molecule has 6 nitrogen and oxygen atoms in total. The Kier molecular flexibility index (Phi) is 3.53. The summed E-state index contributed by atoms with van der Waals surface area (Å²) in [6.45, 7) is 1.59. The van der Waals surface area contributed by atoms with E-state index in [1.54, 1.807) is 0 Å². The lowest BCUT2D eigenvalue weighted by Crippen LogP contribution is -2.46. The SMILES string of the molecule is CCOc1ccc2c(n1)CCC(CO)(C(=O)O)C2=O. The molecule has 102 valence electrons. The highest BCUT2D eigenvalue weighted by molar-refractivity contribution is 6.13. The molecule has 0 fully saturated rings. The Hall–Kier alpha value is -1.95. The molecule has 0 saturated carbocycles. The van der Waals surface area contributed by atoms with Crippen LogP contribution in [0.5, 0.6) is 5.88 Å². The zero-order valence-electron chi connectivity index (χ0n) is 10.5. The summed E-state index contributed by atoms with van der Waals surface area (Å²) in [5.74, 6) is -1.46. The largest absolute Gasteiger partial charge is 0.480 e. The molecule has 2 rings (SSSR count). The lowest BCUT2D eigenvalue weighted by Gasteiger charge is -2.30. The van der Waals surface area contributed by atoms with Gasteiger partial charge in [-0.15, -0.1) is 0 Å². The van der Waals surface area contributed by atoms with E-state index in [0.29, 0.717) is 24.6 Å². The summed E-state index contributed by atoms with van der Waals surface area (Å²) in [7, 11) is 0. The predicted octanol–water partition coefficient (Wildman–Crippen LogP) is 0.672. The Bertz CT molecular complexity index is 528. The number of carboxylic acid groups (broad SMARTS) is 1. The van der Waals surface area contributed by atoms with Gasteiger partial charge in [-0.1, -0.05) is 0 Å². The first kappa shape index (κ1) is 13.5. The monoisotopic (exact) mass is 265 g/mol. The standard InChI is InChI=1S/C13H15NO5/c1-2-19-10-4-3-8-9(14-10)5-6-13(7-15,11(8)16)12(17)18/h3-4,15H,2,5-7H2,1H3,(H,17,18). The van der Waals surface area contributed by atoms with Crippen LogP contribution in [0.15, 0.2) is 12.1 Å². The van der Waals surface area contributed by atoms with Crippen molar-refractivity contribution < 1.29 is 24.5 Å². The van der Waals surface area contributed by atoms with Crippen LogP contribution >= 0.6 is 0 Å². The first-order valence-corrected chi connectivity index (χ1v) is 6.07. The zero-order valence-corrected chi connectivity index (χ0v) is 10.5. The van der Waals surface area contributed by atoms with Gasteiger partial charge in [-0.2, -0.15) is 0 Å². The second-order valence-electron chi connectivity index (χ2n) is 4.45. The molecule has 2 N–H and O–H groups in total. The van der Waals surface area contributed by atoms with Crippen LogP contribution in [0.3, 0.4) is 0 Å². The molecule has 1 aromatic rings. The number of carbonyl (C=O) groups is 2. The van der Waals surface area contributed by atoms with Crippen molar-refractivity contribution in [2.75, 3.05) is 13.2 Å². The average molecular weight is 265 g/mol. The fourth-order valence-electron chi connectivity index (χ4n) is 2.23. The van der Waals surface area contributed by atoms with E-state index in [9.17, 15) is 19.8 Å².